The third-order valence-electron chi connectivity index (χ3n) is 4.01. The van der Waals surface area contributed by atoms with Crippen LogP contribution in [0.3, 0.4) is 0 Å². The van der Waals surface area contributed by atoms with Crippen LogP contribution in [-0.2, 0) is 12.8 Å². The number of nitrogens with zero attached hydrogens (tertiary/aromatic N) is 2. The largest absolute Gasteiger partial charge is 0.332 e. The number of anilines is 2. The van der Waals surface area contributed by atoms with Gasteiger partial charge in [-0.25, -0.2) is 9.97 Å². The SMILES string of the molecule is S=C(Nc1ccccc1)Nc1ncnc2sc3c(c12)CCCC3. The molecule has 2 aromatic heterocycles. The molecule has 23 heavy (non-hydrogen) atoms. The zero-order chi connectivity index (χ0) is 15.6. The molecule has 0 spiro atoms. The number of hydrogen-bond donors (Lipinski definition) is 2. The van der Waals surface area contributed by atoms with Crippen LogP contribution in [-0.4, -0.2) is 15.1 Å². The van der Waals surface area contributed by atoms with Gasteiger partial charge in [-0.15, -0.1) is 11.3 Å². The number of aromatic nitrogens is 2. The smallest absolute Gasteiger partial charge is 0.176 e. The molecule has 6 heteroatoms. The van der Waals surface area contributed by atoms with Crippen molar-refractivity contribution in [3.05, 3.63) is 47.1 Å². The summed E-state index contributed by atoms with van der Waals surface area (Å²) in [5.41, 5.74) is 2.37. The van der Waals surface area contributed by atoms with Gasteiger partial charge in [0.25, 0.3) is 0 Å². The highest BCUT2D eigenvalue weighted by atomic mass is 32.1. The fourth-order valence-electron chi connectivity index (χ4n) is 2.98. The number of benzene rings is 1. The Morgan fingerprint density at radius 2 is 1.87 bits per heavy atom. The molecule has 0 radical (unpaired) electrons. The third kappa shape index (κ3) is 2.92. The molecule has 1 aliphatic carbocycles. The number of hydrogen-bond acceptors (Lipinski definition) is 4. The van der Waals surface area contributed by atoms with E-state index >= 15 is 0 Å². The minimum Gasteiger partial charge on any atom is -0.332 e. The Balaban J connectivity index is 1.64. The molecule has 4 nitrogen and oxygen atoms in total. The van der Waals surface area contributed by atoms with Gasteiger partial charge in [0.05, 0.1) is 5.39 Å². The predicted octanol–water partition coefficient (Wildman–Crippen LogP) is 4.38. The van der Waals surface area contributed by atoms with Crippen molar-refractivity contribution < 1.29 is 0 Å². The summed E-state index contributed by atoms with van der Waals surface area (Å²) in [5.74, 6) is 0.808. The van der Waals surface area contributed by atoms with Gasteiger partial charge in [-0.3, -0.25) is 0 Å². The van der Waals surface area contributed by atoms with E-state index in [2.05, 4.69) is 20.6 Å². The van der Waals surface area contributed by atoms with Gasteiger partial charge >= 0.3 is 0 Å². The Labute approximate surface area is 144 Å². The molecule has 2 N–H and O–H groups in total. The van der Waals surface area contributed by atoms with Crippen LogP contribution in [0.2, 0.25) is 0 Å². The average molecular weight is 340 g/mol. The lowest BCUT2D eigenvalue weighted by Crippen LogP contribution is -2.20. The maximum atomic E-state index is 5.43. The summed E-state index contributed by atoms with van der Waals surface area (Å²) in [6.07, 6.45) is 6.38. The lowest BCUT2D eigenvalue weighted by Gasteiger charge is -2.13. The van der Waals surface area contributed by atoms with Crippen LogP contribution in [0, 0.1) is 0 Å². The van der Waals surface area contributed by atoms with Crippen LogP contribution in [0.1, 0.15) is 23.3 Å². The predicted molar refractivity (Wildman–Crippen MR) is 100 cm³/mol. The summed E-state index contributed by atoms with van der Waals surface area (Å²) in [6.45, 7) is 0. The first-order chi connectivity index (χ1) is 11.3. The number of para-hydroxylation sites is 1. The quantitative estimate of drug-likeness (QED) is 0.678. The molecule has 0 saturated carbocycles. The second-order valence-corrected chi connectivity index (χ2v) is 7.05. The minimum absolute atomic E-state index is 0.548. The highest BCUT2D eigenvalue weighted by Gasteiger charge is 2.20. The van der Waals surface area contributed by atoms with Gasteiger partial charge in [-0.1, -0.05) is 18.2 Å². The fraction of sp³-hybridized carbons (Fsp3) is 0.235. The first kappa shape index (κ1) is 14.5. The van der Waals surface area contributed by atoms with Gasteiger partial charge < -0.3 is 10.6 Å². The topological polar surface area (TPSA) is 49.8 Å². The molecule has 116 valence electrons. The van der Waals surface area contributed by atoms with Gasteiger partial charge in [0.2, 0.25) is 0 Å². The molecule has 1 aliphatic rings. The zero-order valence-electron chi connectivity index (χ0n) is 12.5. The van der Waals surface area contributed by atoms with Crippen LogP contribution in [0.4, 0.5) is 11.5 Å². The van der Waals surface area contributed by atoms with Crippen molar-refractivity contribution in [1.29, 1.82) is 0 Å². The summed E-state index contributed by atoms with van der Waals surface area (Å²) in [4.78, 5) is 11.4. The molecule has 0 unspecified atom stereocenters. The molecule has 0 fully saturated rings. The maximum Gasteiger partial charge on any atom is 0.176 e. The highest BCUT2D eigenvalue weighted by molar-refractivity contribution is 7.80. The van der Waals surface area contributed by atoms with Gasteiger partial charge in [0.1, 0.15) is 17.0 Å². The van der Waals surface area contributed by atoms with E-state index in [0.717, 1.165) is 34.6 Å². The number of nitrogens with one attached hydrogen (secondary N) is 2. The van der Waals surface area contributed by atoms with Crippen LogP contribution < -0.4 is 10.6 Å². The van der Waals surface area contributed by atoms with E-state index in [-0.39, 0.29) is 0 Å². The van der Waals surface area contributed by atoms with Crippen molar-refractivity contribution in [2.45, 2.75) is 25.7 Å². The lowest BCUT2D eigenvalue weighted by atomic mass is 9.97. The van der Waals surface area contributed by atoms with Gasteiger partial charge in [-0.2, -0.15) is 0 Å². The number of fused-ring (bicyclic) bond motifs is 3. The Kier molecular flexibility index (Phi) is 3.93. The Hall–Kier alpha value is -2.05. The summed E-state index contributed by atoms with van der Waals surface area (Å²) < 4.78 is 0. The normalized spacial score (nSPS) is 13.6. The Morgan fingerprint density at radius 3 is 2.74 bits per heavy atom. The van der Waals surface area contributed by atoms with Crippen LogP contribution >= 0.6 is 23.6 Å². The summed E-state index contributed by atoms with van der Waals surface area (Å²) >= 11 is 7.22. The molecule has 0 aliphatic heterocycles. The Morgan fingerprint density at radius 1 is 1.04 bits per heavy atom. The average Bonchev–Trinajstić information content (AvgIpc) is 2.95. The van der Waals surface area contributed by atoms with Crippen molar-refractivity contribution >= 4 is 50.4 Å². The van der Waals surface area contributed by atoms with E-state index in [1.54, 1.807) is 17.7 Å². The molecule has 1 aromatic carbocycles. The molecule has 0 atom stereocenters. The van der Waals surface area contributed by atoms with Crippen molar-refractivity contribution in [1.82, 2.24) is 9.97 Å². The molecule has 0 saturated heterocycles. The number of thiophene rings is 1. The van der Waals surface area contributed by atoms with E-state index in [1.165, 1.54) is 23.3 Å². The van der Waals surface area contributed by atoms with E-state index in [1.807, 2.05) is 30.3 Å². The van der Waals surface area contributed by atoms with Crippen molar-refractivity contribution in [3.63, 3.8) is 0 Å². The number of aryl methyl sites for hydroxylation is 2. The first-order valence-electron chi connectivity index (χ1n) is 7.69. The van der Waals surface area contributed by atoms with E-state index < -0.39 is 0 Å². The summed E-state index contributed by atoms with van der Waals surface area (Å²) in [7, 11) is 0. The fourth-order valence-corrected chi connectivity index (χ4v) is 4.42. The van der Waals surface area contributed by atoms with Crippen molar-refractivity contribution in [2.75, 3.05) is 10.6 Å². The molecule has 3 aromatic rings. The standard InChI is InChI=1S/C17H16N4S2/c22-17(20-11-6-2-1-3-7-11)21-15-14-12-8-4-5-9-13(12)23-16(14)19-10-18-15/h1-3,6-7,10H,4-5,8-9H2,(H2,18,19,20,21,22). The van der Waals surface area contributed by atoms with Crippen LogP contribution in [0.15, 0.2) is 36.7 Å². The van der Waals surface area contributed by atoms with Crippen LogP contribution in [0.25, 0.3) is 10.2 Å². The first-order valence-corrected chi connectivity index (χ1v) is 8.92. The number of thiocarbonyl (C=S) groups is 1. The monoisotopic (exact) mass is 340 g/mol. The number of rotatable bonds is 2. The van der Waals surface area contributed by atoms with Gasteiger partial charge in [-0.05, 0) is 55.6 Å². The zero-order valence-corrected chi connectivity index (χ0v) is 14.1. The lowest BCUT2D eigenvalue weighted by molar-refractivity contribution is 0.700. The van der Waals surface area contributed by atoms with E-state index in [4.69, 9.17) is 12.2 Å². The van der Waals surface area contributed by atoms with Crippen LogP contribution in [0.5, 0.6) is 0 Å². The molecule has 0 amide bonds. The minimum atomic E-state index is 0.548. The van der Waals surface area contributed by atoms with Crippen molar-refractivity contribution in [3.8, 4) is 0 Å². The molecular weight excluding hydrogens is 324 g/mol. The molecule has 0 bridgehead atoms. The summed E-state index contributed by atoms with van der Waals surface area (Å²) in [5, 5.41) is 8.13. The molecule has 2 heterocycles. The Bertz CT molecular complexity index is 858. The molecular formula is C17H16N4S2. The highest BCUT2D eigenvalue weighted by Crippen LogP contribution is 2.38. The second kappa shape index (κ2) is 6.22. The van der Waals surface area contributed by atoms with E-state index in [0.29, 0.717) is 5.11 Å². The molecule has 4 rings (SSSR count). The van der Waals surface area contributed by atoms with E-state index in [9.17, 15) is 0 Å². The summed E-state index contributed by atoms with van der Waals surface area (Å²) in [6, 6.07) is 9.89. The maximum absolute atomic E-state index is 5.43. The third-order valence-corrected chi connectivity index (χ3v) is 5.42. The van der Waals surface area contributed by atoms with Gasteiger partial charge in [0, 0.05) is 10.6 Å². The second-order valence-electron chi connectivity index (χ2n) is 5.56. The van der Waals surface area contributed by atoms with Gasteiger partial charge in [0.15, 0.2) is 5.11 Å². The van der Waals surface area contributed by atoms with Crippen molar-refractivity contribution in [2.24, 2.45) is 0 Å².